The highest BCUT2D eigenvalue weighted by Gasteiger charge is 2.41. The van der Waals surface area contributed by atoms with Crippen LogP contribution in [-0.4, -0.2) is 35.6 Å². The van der Waals surface area contributed by atoms with Crippen molar-refractivity contribution >= 4 is 18.3 Å². The van der Waals surface area contributed by atoms with E-state index in [-0.39, 0.29) is 30.8 Å². The Hall–Kier alpha value is -0.490. The Labute approximate surface area is 136 Å². The first kappa shape index (κ1) is 19.6. The summed E-state index contributed by atoms with van der Waals surface area (Å²) in [6.45, 7) is 2.08. The van der Waals surface area contributed by atoms with Crippen LogP contribution in [0.3, 0.4) is 0 Å². The highest BCUT2D eigenvalue weighted by Crippen LogP contribution is 2.35. The lowest BCUT2D eigenvalue weighted by Crippen LogP contribution is -2.54. The number of amides is 1. The summed E-state index contributed by atoms with van der Waals surface area (Å²) < 4.78 is 37.4. The first-order chi connectivity index (χ1) is 9.69. The summed E-state index contributed by atoms with van der Waals surface area (Å²) in [6.07, 6.45) is 0.251. The molecule has 2 unspecified atom stereocenters. The third-order valence-corrected chi connectivity index (χ3v) is 4.70. The average Bonchev–Trinajstić information content (AvgIpc) is 3.16. The zero-order chi connectivity index (χ0) is 15.7. The fourth-order valence-electron chi connectivity index (χ4n) is 3.15. The molecule has 0 bridgehead atoms. The van der Waals surface area contributed by atoms with Crippen LogP contribution < -0.4 is 5.73 Å². The molecule has 2 atom stereocenters. The summed E-state index contributed by atoms with van der Waals surface area (Å²) >= 11 is 0. The van der Waals surface area contributed by atoms with Crippen molar-refractivity contribution < 1.29 is 18.0 Å². The van der Waals surface area contributed by atoms with Crippen LogP contribution in [0.5, 0.6) is 0 Å². The molecule has 22 heavy (non-hydrogen) atoms. The topological polar surface area (TPSA) is 46.3 Å². The summed E-state index contributed by atoms with van der Waals surface area (Å²) in [5, 5.41) is 0. The summed E-state index contributed by atoms with van der Waals surface area (Å²) in [7, 11) is 0. The second-order valence-corrected chi connectivity index (χ2v) is 6.90. The molecule has 0 radical (unpaired) electrons. The number of carbonyl (C=O) groups is 1. The van der Waals surface area contributed by atoms with Gasteiger partial charge in [0.1, 0.15) is 0 Å². The Morgan fingerprint density at radius 2 is 1.91 bits per heavy atom. The van der Waals surface area contributed by atoms with Crippen molar-refractivity contribution in [3.63, 3.8) is 0 Å². The first-order valence-electron chi connectivity index (χ1n) is 7.83. The van der Waals surface area contributed by atoms with Crippen molar-refractivity contribution in [2.75, 3.05) is 13.1 Å². The molecule has 0 aliphatic heterocycles. The lowest BCUT2D eigenvalue weighted by Gasteiger charge is -2.40. The lowest BCUT2D eigenvalue weighted by molar-refractivity contribution is -0.149. The number of hydrogen-bond acceptors (Lipinski definition) is 2. The van der Waals surface area contributed by atoms with Gasteiger partial charge in [-0.3, -0.25) is 4.79 Å². The van der Waals surface area contributed by atoms with E-state index in [2.05, 4.69) is 0 Å². The molecule has 0 saturated heterocycles. The Balaban J connectivity index is 0.00000242. The van der Waals surface area contributed by atoms with Crippen LogP contribution >= 0.6 is 12.4 Å². The van der Waals surface area contributed by atoms with Gasteiger partial charge in [-0.1, -0.05) is 12.8 Å². The fourth-order valence-corrected chi connectivity index (χ4v) is 3.15. The second-order valence-electron chi connectivity index (χ2n) is 6.90. The Morgan fingerprint density at radius 3 is 2.41 bits per heavy atom. The maximum Gasteiger partial charge on any atom is 0.390 e. The molecule has 0 aromatic carbocycles. The minimum Gasteiger partial charge on any atom is -0.342 e. The predicted octanol–water partition coefficient (Wildman–Crippen LogP) is 3.51. The van der Waals surface area contributed by atoms with Gasteiger partial charge >= 0.3 is 6.18 Å². The van der Waals surface area contributed by atoms with Crippen molar-refractivity contribution in [2.45, 2.75) is 63.6 Å². The Morgan fingerprint density at radius 1 is 1.27 bits per heavy atom. The van der Waals surface area contributed by atoms with E-state index in [1.54, 1.807) is 0 Å². The molecular formula is C15H26ClF3N2O. The van der Waals surface area contributed by atoms with Crippen molar-refractivity contribution in [1.82, 2.24) is 4.90 Å². The molecule has 0 aromatic heterocycles. The van der Waals surface area contributed by atoms with E-state index in [1.165, 1.54) is 4.90 Å². The van der Waals surface area contributed by atoms with Gasteiger partial charge in [0.2, 0.25) is 5.91 Å². The molecule has 130 valence electrons. The van der Waals surface area contributed by atoms with E-state index in [1.807, 2.05) is 6.92 Å². The minimum absolute atomic E-state index is 0. The maximum atomic E-state index is 12.7. The average molecular weight is 343 g/mol. The van der Waals surface area contributed by atoms with E-state index in [0.29, 0.717) is 18.9 Å². The van der Waals surface area contributed by atoms with Gasteiger partial charge in [0.05, 0.1) is 12.3 Å². The highest BCUT2D eigenvalue weighted by molar-refractivity contribution is 5.85. The Kier molecular flexibility index (Phi) is 6.57. The summed E-state index contributed by atoms with van der Waals surface area (Å²) in [4.78, 5) is 14.1. The van der Waals surface area contributed by atoms with Crippen LogP contribution in [0, 0.1) is 11.8 Å². The normalized spacial score (nSPS) is 28.9. The highest BCUT2D eigenvalue weighted by atomic mass is 35.5. The van der Waals surface area contributed by atoms with Gasteiger partial charge < -0.3 is 10.6 Å². The van der Waals surface area contributed by atoms with E-state index in [4.69, 9.17) is 5.73 Å². The van der Waals surface area contributed by atoms with Crippen molar-refractivity contribution in [1.29, 1.82) is 0 Å². The summed E-state index contributed by atoms with van der Waals surface area (Å²) in [5.41, 5.74) is 5.63. The number of halogens is 4. The van der Waals surface area contributed by atoms with Crippen LogP contribution in [0.2, 0.25) is 0 Å². The predicted molar refractivity (Wildman–Crippen MR) is 81.8 cm³/mol. The standard InChI is InChI=1S/C15H25F3N2O.ClH/c1-14(19)7-3-2-4-12(14)13(21)20(10-11-5-6-11)9-8-15(16,17)18;/h11-12H,2-10,19H2,1H3;1H. The van der Waals surface area contributed by atoms with Crippen molar-refractivity contribution in [2.24, 2.45) is 17.6 Å². The quantitative estimate of drug-likeness (QED) is 0.831. The number of hydrogen-bond donors (Lipinski definition) is 1. The van der Waals surface area contributed by atoms with Crippen LogP contribution in [-0.2, 0) is 4.79 Å². The SMILES string of the molecule is CC1(N)CCCCC1C(=O)N(CCC(F)(F)F)CC1CC1.Cl. The molecule has 2 N–H and O–H groups in total. The molecule has 3 nitrogen and oxygen atoms in total. The van der Waals surface area contributed by atoms with Gasteiger partial charge in [0, 0.05) is 18.6 Å². The minimum atomic E-state index is -4.22. The molecule has 0 heterocycles. The van der Waals surface area contributed by atoms with Crippen LogP contribution in [0.15, 0.2) is 0 Å². The molecule has 2 rings (SSSR count). The first-order valence-corrected chi connectivity index (χ1v) is 7.83. The summed E-state index contributed by atoms with van der Waals surface area (Å²) in [6, 6.07) is 0. The van der Waals surface area contributed by atoms with Gasteiger partial charge in [0.15, 0.2) is 0 Å². The molecule has 0 spiro atoms. The zero-order valence-electron chi connectivity index (χ0n) is 13.0. The molecule has 2 saturated carbocycles. The van der Waals surface area contributed by atoms with Gasteiger partial charge in [-0.05, 0) is 38.5 Å². The third kappa shape index (κ3) is 5.61. The smallest absolute Gasteiger partial charge is 0.342 e. The van der Waals surface area contributed by atoms with Gasteiger partial charge in [-0.2, -0.15) is 13.2 Å². The Bertz CT molecular complexity index is 383. The van der Waals surface area contributed by atoms with Crippen LogP contribution in [0.25, 0.3) is 0 Å². The van der Waals surface area contributed by atoms with Crippen molar-refractivity contribution in [3.05, 3.63) is 0 Å². The third-order valence-electron chi connectivity index (χ3n) is 4.70. The van der Waals surface area contributed by atoms with Gasteiger partial charge in [-0.15, -0.1) is 12.4 Å². The number of nitrogens with two attached hydrogens (primary N) is 1. The molecule has 0 aromatic rings. The van der Waals surface area contributed by atoms with E-state index >= 15 is 0 Å². The number of nitrogens with zero attached hydrogens (tertiary/aromatic N) is 1. The maximum absolute atomic E-state index is 12.7. The molecule has 7 heteroatoms. The van der Waals surface area contributed by atoms with Crippen LogP contribution in [0.1, 0.15) is 51.9 Å². The van der Waals surface area contributed by atoms with Gasteiger partial charge in [0.25, 0.3) is 0 Å². The molecule has 2 aliphatic rings. The second kappa shape index (κ2) is 7.39. The van der Waals surface area contributed by atoms with E-state index < -0.39 is 18.1 Å². The van der Waals surface area contributed by atoms with E-state index in [9.17, 15) is 18.0 Å². The molecule has 2 aliphatic carbocycles. The molecule has 1 amide bonds. The lowest BCUT2D eigenvalue weighted by atomic mass is 9.74. The van der Waals surface area contributed by atoms with Crippen molar-refractivity contribution in [3.8, 4) is 0 Å². The monoisotopic (exact) mass is 342 g/mol. The van der Waals surface area contributed by atoms with E-state index in [0.717, 1.165) is 32.1 Å². The largest absolute Gasteiger partial charge is 0.390 e. The zero-order valence-corrected chi connectivity index (χ0v) is 13.8. The number of carbonyl (C=O) groups excluding carboxylic acids is 1. The van der Waals surface area contributed by atoms with Crippen LogP contribution in [0.4, 0.5) is 13.2 Å². The fraction of sp³-hybridized carbons (Fsp3) is 0.933. The number of alkyl halides is 3. The van der Waals surface area contributed by atoms with Gasteiger partial charge in [-0.25, -0.2) is 0 Å². The molecular weight excluding hydrogens is 317 g/mol. The molecule has 2 fully saturated rings. The number of rotatable bonds is 5. The summed E-state index contributed by atoms with van der Waals surface area (Å²) in [5.74, 6) is -0.121.